The van der Waals surface area contributed by atoms with Crippen LogP contribution in [0.2, 0.25) is 0 Å². The summed E-state index contributed by atoms with van der Waals surface area (Å²) in [6.45, 7) is 1.99. The van der Waals surface area contributed by atoms with E-state index in [9.17, 15) is 9.59 Å². The van der Waals surface area contributed by atoms with Crippen molar-refractivity contribution >= 4 is 33.1 Å². The molecule has 4 heteroatoms. The van der Waals surface area contributed by atoms with Crippen molar-refractivity contribution in [1.29, 1.82) is 0 Å². The average Bonchev–Trinajstić information content (AvgIpc) is 3.18. The number of hydrogen-bond acceptors (Lipinski definition) is 2. The third kappa shape index (κ3) is 1.63. The zero-order valence-electron chi connectivity index (χ0n) is 9.94. The molecule has 92 valence electrons. The quantitative estimate of drug-likeness (QED) is 0.799. The maximum atomic E-state index is 12.2. The Labute approximate surface area is 113 Å². The highest BCUT2D eigenvalue weighted by Gasteiger charge is 2.26. The lowest BCUT2D eigenvalue weighted by Gasteiger charge is -2.14. The van der Waals surface area contributed by atoms with Gasteiger partial charge in [0, 0.05) is 22.1 Å². The predicted molar refractivity (Wildman–Crippen MR) is 74.3 cm³/mol. The van der Waals surface area contributed by atoms with Crippen LogP contribution in [0.5, 0.6) is 0 Å². The van der Waals surface area contributed by atoms with Crippen LogP contribution in [0.1, 0.15) is 34.8 Å². The van der Waals surface area contributed by atoms with Crippen LogP contribution in [-0.4, -0.2) is 10.9 Å². The summed E-state index contributed by atoms with van der Waals surface area (Å²) in [7, 11) is 0. The summed E-state index contributed by atoms with van der Waals surface area (Å²) < 4.78 is 3.07. The number of aryl methyl sites for hydroxylation is 1. The number of nitrogens with zero attached hydrogens (tertiary/aromatic N) is 1. The van der Waals surface area contributed by atoms with Crippen molar-refractivity contribution in [1.82, 2.24) is 4.57 Å². The molecule has 0 N–H and O–H groups in total. The molecule has 1 heterocycles. The van der Waals surface area contributed by atoms with Gasteiger partial charge in [-0.15, -0.1) is 0 Å². The normalized spacial score (nSPS) is 15.0. The molecule has 2 aromatic rings. The van der Waals surface area contributed by atoms with E-state index in [2.05, 4.69) is 20.5 Å². The van der Waals surface area contributed by atoms with Crippen molar-refractivity contribution in [3.05, 3.63) is 44.2 Å². The highest BCUT2D eigenvalue weighted by molar-refractivity contribution is 9.10. The van der Waals surface area contributed by atoms with Gasteiger partial charge < -0.3 is 4.57 Å². The number of rotatable bonds is 2. The van der Waals surface area contributed by atoms with Gasteiger partial charge in [-0.3, -0.25) is 9.59 Å². The number of aldehydes is 1. The predicted octanol–water partition coefficient (Wildman–Crippen LogP) is 3.22. The van der Waals surface area contributed by atoms with Crippen LogP contribution in [0.3, 0.4) is 0 Å². The summed E-state index contributed by atoms with van der Waals surface area (Å²) in [6.07, 6.45) is 4.58. The number of halogens is 1. The average molecular weight is 306 g/mol. The third-order valence-corrected chi connectivity index (χ3v) is 4.33. The maximum Gasteiger partial charge on any atom is 0.199 e. The molecule has 1 aliphatic rings. The van der Waals surface area contributed by atoms with Crippen LogP contribution >= 0.6 is 15.9 Å². The molecule has 18 heavy (non-hydrogen) atoms. The molecule has 0 unspecified atom stereocenters. The molecule has 1 saturated carbocycles. The van der Waals surface area contributed by atoms with Crippen LogP contribution in [0, 0.1) is 6.92 Å². The number of pyridine rings is 1. The van der Waals surface area contributed by atoms with Crippen LogP contribution in [0.25, 0.3) is 10.9 Å². The number of aromatic nitrogens is 1. The number of fused-ring (bicyclic) bond motifs is 1. The standard InChI is InChI=1S/C14H12BrNO2/c1-8-12(15)5-4-11-13(8)16(10-2-3-10)6-9(7-17)14(11)18/h4-7,10H,2-3H2,1H3. The fourth-order valence-corrected chi connectivity index (χ4v) is 2.66. The fourth-order valence-electron chi connectivity index (χ4n) is 2.34. The SMILES string of the molecule is Cc1c(Br)ccc2c(=O)c(C=O)cn(C3CC3)c12. The highest BCUT2D eigenvalue weighted by Crippen LogP contribution is 2.38. The number of benzene rings is 1. The van der Waals surface area contributed by atoms with Crippen LogP contribution in [0.4, 0.5) is 0 Å². The second-order valence-electron chi connectivity index (χ2n) is 4.74. The van der Waals surface area contributed by atoms with Crippen molar-refractivity contribution in [3.63, 3.8) is 0 Å². The molecular weight excluding hydrogens is 294 g/mol. The van der Waals surface area contributed by atoms with Crippen molar-refractivity contribution in [2.75, 3.05) is 0 Å². The molecule has 3 nitrogen and oxygen atoms in total. The molecule has 0 amide bonds. The van der Waals surface area contributed by atoms with Crippen molar-refractivity contribution in [2.45, 2.75) is 25.8 Å². The molecule has 0 bridgehead atoms. The molecule has 0 saturated heterocycles. The highest BCUT2D eigenvalue weighted by atomic mass is 79.9. The monoisotopic (exact) mass is 305 g/mol. The Hall–Kier alpha value is -1.42. The summed E-state index contributed by atoms with van der Waals surface area (Å²) >= 11 is 3.50. The zero-order valence-corrected chi connectivity index (χ0v) is 11.5. The molecule has 1 aromatic carbocycles. The van der Waals surface area contributed by atoms with E-state index in [0.29, 0.717) is 17.7 Å². The Bertz CT molecular complexity index is 714. The van der Waals surface area contributed by atoms with Crippen LogP contribution < -0.4 is 5.43 Å². The van der Waals surface area contributed by atoms with Crippen LogP contribution in [0.15, 0.2) is 27.6 Å². The molecule has 1 aliphatic carbocycles. The number of carbonyl (C=O) groups excluding carboxylic acids is 1. The molecule has 1 aromatic heterocycles. The summed E-state index contributed by atoms with van der Waals surface area (Å²) in [5.41, 5.74) is 2.07. The molecular formula is C14H12BrNO2. The number of hydrogen-bond donors (Lipinski definition) is 0. The number of carbonyl (C=O) groups is 1. The van der Waals surface area contributed by atoms with E-state index in [1.165, 1.54) is 0 Å². The molecule has 0 spiro atoms. The molecule has 0 atom stereocenters. The minimum absolute atomic E-state index is 0.174. The van der Waals surface area contributed by atoms with Gasteiger partial charge in [0.05, 0.1) is 11.1 Å². The summed E-state index contributed by atoms with van der Waals surface area (Å²) in [4.78, 5) is 23.2. The lowest BCUT2D eigenvalue weighted by molar-refractivity contribution is 0.112. The first-order chi connectivity index (χ1) is 8.63. The van der Waals surface area contributed by atoms with Gasteiger partial charge in [0.1, 0.15) is 0 Å². The van der Waals surface area contributed by atoms with Gasteiger partial charge in [-0.05, 0) is 37.5 Å². The maximum absolute atomic E-state index is 12.2. The summed E-state index contributed by atoms with van der Waals surface area (Å²) in [5.74, 6) is 0. The lowest BCUT2D eigenvalue weighted by atomic mass is 10.1. The third-order valence-electron chi connectivity index (χ3n) is 3.48. The van der Waals surface area contributed by atoms with E-state index in [4.69, 9.17) is 0 Å². The fraction of sp³-hybridized carbons (Fsp3) is 0.286. The van der Waals surface area contributed by atoms with Crippen molar-refractivity contribution < 1.29 is 4.79 Å². The summed E-state index contributed by atoms with van der Waals surface area (Å²) in [5, 5.41) is 0.632. The largest absolute Gasteiger partial charge is 0.343 e. The first-order valence-electron chi connectivity index (χ1n) is 5.92. The van der Waals surface area contributed by atoms with Gasteiger partial charge in [0.2, 0.25) is 0 Å². The van der Waals surface area contributed by atoms with Gasteiger partial charge in [-0.2, -0.15) is 0 Å². The molecule has 1 fully saturated rings. The minimum atomic E-state index is -0.174. The minimum Gasteiger partial charge on any atom is -0.343 e. The molecule has 0 radical (unpaired) electrons. The Morgan fingerprint density at radius 1 is 1.39 bits per heavy atom. The van der Waals surface area contributed by atoms with Gasteiger partial charge in [0.15, 0.2) is 11.7 Å². The molecule has 3 rings (SSSR count). The topological polar surface area (TPSA) is 39.1 Å². The van der Waals surface area contributed by atoms with E-state index in [-0.39, 0.29) is 11.0 Å². The van der Waals surface area contributed by atoms with Crippen molar-refractivity contribution in [3.8, 4) is 0 Å². The van der Waals surface area contributed by atoms with Gasteiger partial charge in [-0.1, -0.05) is 15.9 Å². The lowest BCUT2D eigenvalue weighted by Crippen LogP contribution is -2.14. The first-order valence-corrected chi connectivity index (χ1v) is 6.72. The smallest absolute Gasteiger partial charge is 0.199 e. The van der Waals surface area contributed by atoms with E-state index in [1.54, 1.807) is 12.3 Å². The zero-order chi connectivity index (χ0) is 12.9. The Kier molecular flexibility index (Phi) is 2.63. The Balaban J connectivity index is 2.50. The second-order valence-corrected chi connectivity index (χ2v) is 5.59. The summed E-state index contributed by atoms with van der Waals surface area (Å²) in [6, 6.07) is 4.09. The first kappa shape index (κ1) is 11.7. The van der Waals surface area contributed by atoms with Gasteiger partial charge in [0.25, 0.3) is 0 Å². The van der Waals surface area contributed by atoms with E-state index in [1.807, 2.05) is 13.0 Å². The van der Waals surface area contributed by atoms with Crippen molar-refractivity contribution in [2.24, 2.45) is 0 Å². The van der Waals surface area contributed by atoms with Gasteiger partial charge >= 0.3 is 0 Å². The molecule has 0 aliphatic heterocycles. The van der Waals surface area contributed by atoms with E-state index in [0.717, 1.165) is 28.4 Å². The second kappa shape index (κ2) is 4.05. The Morgan fingerprint density at radius 2 is 2.11 bits per heavy atom. The van der Waals surface area contributed by atoms with E-state index >= 15 is 0 Å². The van der Waals surface area contributed by atoms with E-state index < -0.39 is 0 Å². The van der Waals surface area contributed by atoms with Crippen LogP contribution in [-0.2, 0) is 0 Å². The Morgan fingerprint density at radius 3 is 2.72 bits per heavy atom. The van der Waals surface area contributed by atoms with Gasteiger partial charge in [-0.25, -0.2) is 0 Å².